The number of nitrogens with one attached hydrogen (secondary N) is 1. The molecule has 5 nitrogen and oxygen atoms in total. The van der Waals surface area contributed by atoms with Crippen molar-refractivity contribution in [3.05, 3.63) is 0 Å². The lowest BCUT2D eigenvalue weighted by Crippen LogP contribution is -2.43. The van der Waals surface area contributed by atoms with Gasteiger partial charge in [0.15, 0.2) is 9.84 Å². The average Bonchev–Trinajstić information content (AvgIpc) is 2.25. The van der Waals surface area contributed by atoms with Gasteiger partial charge in [-0.2, -0.15) is 0 Å². The maximum atomic E-state index is 11.3. The molecule has 0 aliphatic carbocycles. The fourth-order valence-electron chi connectivity index (χ4n) is 1.54. The lowest BCUT2D eigenvalue weighted by molar-refractivity contribution is 0.272. The smallest absolute Gasteiger partial charge is 0.151 e. The van der Waals surface area contributed by atoms with Gasteiger partial charge in [-0.05, 0) is 19.9 Å². The largest absolute Gasteiger partial charge is 0.386 e. The van der Waals surface area contributed by atoms with Crippen LogP contribution in [0.15, 0.2) is 0 Å². The molecule has 14 heavy (non-hydrogen) atoms. The topological polar surface area (TPSA) is 87.2 Å². The van der Waals surface area contributed by atoms with Crippen molar-refractivity contribution in [3.63, 3.8) is 0 Å². The Bertz CT molecular complexity index is 313. The highest BCUT2D eigenvalue weighted by atomic mass is 32.2. The van der Waals surface area contributed by atoms with Gasteiger partial charge in [0.05, 0.1) is 17.5 Å². The molecule has 3 N–H and O–H groups in total. The van der Waals surface area contributed by atoms with Crippen LogP contribution in [-0.2, 0) is 9.84 Å². The van der Waals surface area contributed by atoms with E-state index in [2.05, 4.69) is 0 Å². The fraction of sp³-hybridized carbons (Fsp3) is 0.875. The molecule has 1 fully saturated rings. The molecule has 1 aliphatic rings. The van der Waals surface area contributed by atoms with E-state index in [1.54, 1.807) is 0 Å². The number of hydrogen-bond acceptors (Lipinski definition) is 4. The summed E-state index contributed by atoms with van der Waals surface area (Å²) in [6.07, 6.45) is 0.639. The summed E-state index contributed by atoms with van der Waals surface area (Å²) in [7, 11) is -2.86. The molecule has 0 amide bonds. The van der Waals surface area contributed by atoms with Gasteiger partial charge in [-0.1, -0.05) is 0 Å². The van der Waals surface area contributed by atoms with E-state index < -0.39 is 9.84 Å². The first-order valence-electron chi connectivity index (χ1n) is 4.71. The summed E-state index contributed by atoms with van der Waals surface area (Å²) in [5, 5.41) is 7.29. The highest BCUT2D eigenvalue weighted by Crippen LogP contribution is 2.08. The van der Waals surface area contributed by atoms with E-state index in [0.29, 0.717) is 19.5 Å². The van der Waals surface area contributed by atoms with Crippen molar-refractivity contribution >= 4 is 15.7 Å². The monoisotopic (exact) mass is 219 g/mol. The van der Waals surface area contributed by atoms with Gasteiger partial charge in [-0.25, -0.2) is 8.42 Å². The Hall–Kier alpha value is -0.620. The lowest BCUT2D eigenvalue weighted by Gasteiger charge is -2.25. The zero-order valence-electron chi connectivity index (χ0n) is 8.36. The highest BCUT2D eigenvalue weighted by molar-refractivity contribution is 7.91. The molecular weight excluding hydrogens is 202 g/mol. The van der Waals surface area contributed by atoms with Crippen molar-refractivity contribution in [1.29, 1.82) is 5.41 Å². The van der Waals surface area contributed by atoms with Gasteiger partial charge in [0.25, 0.3) is 0 Å². The molecule has 0 spiro atoms. The van der Waals surface area contributed by atoms with Crippen molar-refractivity contribution in [2.75, 3.05) is 24.6 Å². The van der Waals surface area contributed by atoms with Crippen LogP contribution < -0.4 is 5.73 Å². The standard InChI is InChI=1S/C8H17N3O2S/c1-7(8(9)10)11-3-2-5-14(12,13)6-4-11/h7H,2-6H2,1H3,(H3,9,10). The van der Waals surface area contributed by atoms with Gasteiger partial charge in [0.1, 0.15) is 5.84 Å². The Morgan fingerprint density at radius 3 is 2.64 bits per heavy atom. The summed E-state index contributed by atoms with van der Waals surface area (Å²) in [6.45, 7) is 3.03. The molecule has 0 aromatic carbocycles. The SMILES string of the molecule is CC(C(=N)N)N1CCCS(=O)(=O)CC1. The molecule has 1 unspecified atom stereocenters. The highest BCUT2D eigenvalue weighted by Gasteiger charge is 2.23. The predicted octanol–water partition coefficient (Wildman–Crippen LogP) is -0.569. The minimum Gasteiger partial charge on any atom is -0.386 e. The normalized spacial score (nSPS) is 25.2. The van der Waals surface area contributed by atoms with E-state index in [-0.39, 0.29) is 23.4 Å². The van der Waals surface area contributed by atoms with E-state index in [9.17, 15) is 8.42 Å². The second-order valence-corrected chi connectivity index (χ2v) is 5.98. The van der Waals surface area contributed by atoms with Gasteiger partial charge >= 0.3 is 0 Å². The Kier molecular flexibility index (Phi) is 3.49. The molecule has 0 saturated carbocycles. The summed E-state index contributed by atoms with van der Waals surface area (Å²) in [5.41, 5.74) is 5.38. The first-order chi connectivity index (χ1) is 6.42. The molecule has 1 heterocycles. The van der Waals surface area contributed by atoms with Gasteiger partial charge in [-0.3, -0.25) is 10.3 Å². The van der Waals surface area contributed by atoms with Crippen LogP contribution in [0.3, 0.4) is 0 Å². The Morgan fingerprint density at radius 1 is 1.43 bits per heavy atom. The maximum Gasteiger partial charge on any atom is 0.151 e. The fourth-order valence-corrected chi connectivity index (χ4v) is 2.83. The summed E-state index contributed by atoms with van der Waals surface area (Å²) in [6, 6.07) is -0.150. The maximum absolute atomic E-state index is 11.3. The van der Waals surface area contributed by atoms with Gasteiger partial charge in [-0.15, -0.1) is 0 Å². The van der Waals surface area contributed by atoms with Crippen LogP contribution >= 0.6 is 0 Å². The van der Waals surface area contributed by atoms with Crippen LogP contribution in [0.25, 0.3) is 0 Å². The summed E-state index contributed by atoms with van der Waals surface area (Å²) >= 11 is 0. The van der Waals surface area contributed by atoms with Gasteiger partial charge < -0.3 is 5.73 Å². The lowest BCUT2D eigenvalue weighted by atomic mass is 10.2. The molecule has 6 heteroatoms. The Labute approximate surface area is 84.7 Å². The molecule has 1 rings (SSSR count). The van der Waals surface area contributed by atoms with Crippen molar-refractivity contribution < 1.29 is 8.42 Å². The number of nitrogens with zero attached hydrogens (tertiary/aromatic N) is 1. The molecule has 0 radical (unpaired) electrons. The van der Waals surface area contributed by atoms with Crippen molar-refractivity contribution in [2.45, 2.75) is 19.4 Å². The third kappa shape index (κ3) is 2.95. The zero-order valence-corrected chi connectivity index (χ0v) is 9.18. The average molecular weight is 219 g/mol. The van der Waals surface area contributed by atoms with Crippen molar-refractivity contribution in [3.8, 4) is 0 Å². The first-order valence-corrected chi connectivity index (χ1v) is 6.53. The number of sulfone groups is 1. The minimum absolute atomic E-state index is 0.101. The van der Waals surface area contributed by atoms with E-state index in [1.165, 1.54) is 0 Å². The summed E-state index contributed by atoms with van der Waals surface area (Å²) in [5.74, 6) is 0.544. The Balaban J connectivity index is 2.63. The number of hydrogen-bond donors (Lipinski definition) is 2. The molecule has 0 bridgehead atoms. The van der Waals surface area contributed by atoms with Crippen LogP contribution in [0.5, 0.6) is 0 Å². The van der Waals surface area contributed by atoms with E-state index in [4.69, 9.17) is 11.1 Å². The van der Waals surface area contributed by atoms with Crippen LogP contribution in [-0.4, -0.2) is 49.8 Å². The van der Waals surface area contributed by atoms with Crippen LogP contribution in [0.2, 0.25) is 0 Å². The molecule has 1 atom stereocenters. The van der Waals surface area contributed by atoms with Crippen LogP contribution in [0.4, 0.5) is 0 Å². The quantitative estimate of drug-likeness (QED) is 0.481. The van der Waals surface area contributed by atoms with Crippen molar-refractivity contribution in [2.24, 2.45) is 5.73 Å². The number of nitrogens with two attached hydrogens (primary N) is 1. The minimum atomic E-state index is -2.86. The predicted molar refractivity (Wildman–Crippen MR) is 56.2 cm³/mol. The van der Waals surface area contributed by atoms with Gasteiger partial charge in [0, 0.05) is 6.54 Å². The summed E-state index contributed by atoms with van der Waals surface area (Å²) in [4.78, 5) is 1.95. The second-order valence-electron chi connectivity index (χ2n) is 3.67. The molecule has 0 aromatic heterocycles. The number of rotatable bonds is 2. The van der Waals surface area contributed by atoms with Crippen LogP contribution in [0, 0.1) is 5.41 Å². The molecule has 1 aliphatic heterocycles. The zero-order chi connectivity index (χ0) is 10.8. The first kappa shape index (κ1) is 11.5. The Morgan fingerprint density at radius 2 is 2.07 bits per heavy atom. The molecule has 82 valence electrons. The third-order valence-corrected chi connectivity index (χ3v) is 4.30. The second kappa shape index (κ2) is 4.27. The number of amidine groups is 1. The summed E-state index contributed by atoms with van der Waals surface area (Å²) < 4.78 is 22.6. The van der Waals surface area contributed by atoms with Gasteiger partial charge in [0.2, 0.25) is 0 Å². The third-order valence-electron chi connectivity index (χ3n) is 2.59. The van der Waals surface area contributed by atoms with E-state index >= 15 is 0 Å². The van der Waals surface area contributed by atoms with E-state index in [0.717, 1.165) is 0 Å². The van der Waals surface area contributed by atoms with E-state index in [1.807, 2.05) is 11.8 Å². The van der Waals surface area contributed by atoms with Crippen LogP contribution in [0.1, 0.15) is 13.3 Å². The molecule has 0 aromatic rings. The molecule has 1 saturated heterocycles. The van der Waals surface area contributed by atoms with Crippen molar-refractivity contribution in [1.82, 2.24) is 4.90 Å². The molecular formula is C8H17N3O2S.